The molecule has 1 aromatic heterocycles. The first-order valence-corrected chi connectivity index (χ1v) is 15.9. The van der Waals surface area contributed by atoms with Crippen molar-refractivity contribution in [2.45, 2.75) is 89.9 Å². The third-order valence-electron chi connectivity index (χ3n) is 9.43. The van der Waals surface area contributed by atoms with E-state index in [1.807, 2.05) is 14.0 Å². The predicted octanol–water partition coefficient (Wildman–Crippen LogP) is 4.70. The first-order chi connectivity index (χ1) is 19.8. The lowest BCUT2D eigenvalue weighted by atomic mass is 9.93. The fourth-order valence-electron chi connectivity index (χ4n) is 6.78. The monoisotopic (exact) mass is 564 g/mol. The standard InChI is InChI=1S/C32H52N8O/c1-6-28-31(34-24-7-10-27(41-5)11-8-24)37-32(30(36-28)23(3)33)35-25-9-12-29(22(2)21-25)40-15-13-26(14-16-40)39-19-17-38(4)18-20-39/h9,12,21,23-24,26-27H,6-8,10-11,13-20,33H2,1-5H3,(H2,34,35,37). The van der Waals surface area contributed by atoms with Gasteiger partial charge in [-0.05, 0) is 89.6 Å². The van der Waals surface area contributed by atoms with Crippen molar-refractivity contribution >= 4 is 23.0 Å². The van der Waals surface area contributed by atoms with Gasteiger partial charge < -0.3 is 30.9 Å². The van der Waals surface area contributed by atoms with E-state index >= 15 is 0 Å². The van der Waals surface area contributed by atoms with Crippen LogP contribution in [0.25, 0.3) is 0 Å². The highest BCUT2D eigenvalue weighted by Crippen LogP contribution is 2.32. The molecule has 5 rings (SSSR count). The number of piperidine rings is 1. The van der Waals surface area contributed by atoms with Gasteiger partial charge >= 0.3 is 0 Å². The number of aromatic nitrogens is 2. The molecule has 226 valence electrons. The second-order valence-corrected chi connectivity index (χ2v) is 12.4. The lowest BCUT2D eigenvalue weighted by Crippen LogP contribution is -2.52. The number of methoxy groups -OCH3 is 1. The molecule has 9 heteroatoms. The number of benzene rings is 1. The van der Waals surface area contributed by atoms with Crippen molar-refractivity contribution in [2.24, 2.45) is 5.73 Å². The molecule has 0 bridgehead atoms. The third-order valence-corrected chi connectivity index (χ3v) is 9.43. The summed E-state index contributed by atoms with van der Waals surface area (Å²) >= 11 is 0. The number of anilines is 4. The maximum absolute atomic E-state index is 6.39. The topological polar surface area (TPSA) is 94.8 Å². The summed E-state index contributed by atoms with van der Waals surface area (Å²) in [6, 6.07) is 7.57. The summed E-state index contributed by atoms with van der Waals surface area (Å²) in [5, 5.41) is 7.29. The molecule has 3 heterocycles. The number of aryl methyl sites for hydroxylation is 2. The molecule has 1 saturated carbocycles. The van der Waals surface area contributed by atoms with Crippen LogP contribution in [0, 0.1) is 6.92 Å². The number of nitrogens with two attached hydrogens (primary N) is 1. The number of nitrogens with one attached hydrogen (secondary N) is 2. The Morgan fingerprint density at radius 2 is 1.68 bits per heavy atom. The van der Waals surface area contributed by atoms with E-state index in [4.69, 9.17) is 20.4 Å². The van der Waals surface area contributed by atoms with Crippen molar-refractivity contribution in [3.63, 3.8) is 0 Å². The van der Waals surface area contributed by atoms with Gasteiger partial charge in [0.05, 0.1) is 17.5 Å². The SMILES string of the molecule is CCc1nc(C(C)N)c(Nc2ccc(N3CCC(N4CCN(C)CC4)CC3)c(C)c2)nc1NC1CCC(OC)CC1. The molecule has 1 atom stereocenters. The van der Waals surface area contributed by atoms with Crippen molar-refractivity contribution in [3.05, 3.63) is 35.2 Å². The number of hydrogen-bond acceptors (Lipinski definition) is 9. The molecule has 1 unspecified atom stereocenters. The van der Waals surface area contributed by atoms with Crippen molar-refractivity contribution in [2.75, 3.05) is 69.0 Å². The Bertz CT molecular complexity index is 1130. The molecule has 3 aliphatic rings. The van der Waals surface area contributed by atoms with E-state index in [0.29, 0.717) is 12.1 Å². The van der Waals surface area contributed by atoms with E-state index in [1.165, 1.54) is 50.3 Å². The van der Waals surface area contributed by atoms with Crippen LogP contribution in [0.3, 0.4) is 0 Å². The van der Waals surface area contributed by atoms with E-state index < -0.39 is 0 Å². The molecule has 2 aromatic rings. The maximum atomic E-state index is 6.39. The number of rotatable bonds is 9. The molecule has 1 aromatic carbocycles. The summed E-state index contributed by atoms with van der Waals surface area (Å²) in [5.41, 5.74) is 11.8. The van der Waals surface area contributed by atoms with E-state index in [1.54, 1.807) is 0 Å². The zero-order valence-corrected chi connectivity index (χ0v) is 26.0. The summed E-state index contributed by atoms with van der Waals surface area (Å²) in [6.45, 7) is 13.4. The molecule has 2 saturated heterocycles. The summed E-state index contributed by atoms with van der Waals surface area (Å²) in [4.78, 5) is 17.8. The van der Waals surface area contributed by atoms with Gasteiger partial charge in [0, 0.05) is 75.9 Å². The molecule has 9 nitrogen and oxygen atoms in total. The van der Waals surface area contributed by atoms with Gasteiger partial charge in [0.25, 0.3) is 0 Å². The van der Waals surface area contributed by atoms with Gasteiger partial charge in [-0.15, -0.1) is 0 Å². The Morgan fingerprint density at radius 3 is 2.29 bits per heavy atom. The Kier molecular flexibility index (Phi) is 10.0. The van der Waals surface area contributed by atoms with E-state index in [0.717, 1.165) is 79.9 Å². The average molecular weight is 565 g/mol. The zero-order chi connectivity index (χ0) is 28.9. The van der Waals surface area contributed by atoms with Gasteiger partial charge in [-0.1, -0.05) is 6.92 Å². The molecule has 2 aliphatic heterocycles. The number of piperazine rings is 1. The first-order valence-electron chi connectivity index (χ1n) is 15.9. The molecular weight excluding hydrogens is 512 g/mol. The number of likely N-dealkylation sites (N-methyl/N-ethyl adjacent to an activating group) is 1. The van der Waals surface area contributed by atoms with Crippen molar-refractivity contribution in [1.82, 2.24) is 19.8 Å². The van der Waals surface area contributed by atoms with Gasteiger partial charge in [0.1, 0.15) is 5.82 Å². The predicted molar refractivity (Wildman–Crippen MR) is 169 cm³/mol. The fourth-order valence-corrected chi connectivity index (χ4v) is 6.78. The molecule has 0 radical (unpaired) electrons. The number of ether oxygens (including phenoxy) is 1. The van der Waals surface area contributed by atoms with Crippen LogP contribution in [0.15, 0.2) is 18.2 Å². The Hall–Kier alpha value is -2.46. The highest BCUT2D eigenvalue weighted by molar-refractivity contribution is 5.67. The summed E-state index contributed by atoms with van der Waals surface area (Å²) in [6.07, 6.45) is 7.96. The van der Waals surface area contributed by atoms with E-state index in [-0.39, 0.29) is 6.04 Å². The normalized spacial score (nSPS) is 23.9. The van der Waals surface area contributed by atoms with Crippen LogP contribution in [-0.2, 0) is 11.2 Å². The van der Waals surface area contributed by atoms with Crippen LogP contribution >= 0.6 is 0 Å². The Labute approximate surface area is 247 Å². The van der Waals surface area contributed by atoms with Crippen LogP contribution in [0.2, 0.25) is 0 Å². The van der Waals surface area contributed by atoms with Crippen LogP contribution in [0.4, 0.5) is 23.0 Å². The van der Waals surface area contributed by atoms with Crippen LogP contribution in [-0.4, -0.2) is 91.4 Å². The molecule has 4 N–H and O–H groups in total. The molecule has 1 aliphatic carbocycles. The van der Waals surface area contributed by atoms with Crippen molar-refractivity contribution < 1.29 is 4.74 Å². The van der Waals surface area contributed by atoms with Crippen LogP contribution in [0.5, 0.6) is 0 Å². The summed E-state index contributed by atoms with van der Waals surface area (Å²) in [7, 11) is 4.05. The van der Waals surface area contributed by atoms with Crippen molar-refractivity contribution in [1.29, 1.82) is 0 Å². The average Bonchev–Trinajstić information content (AvgIpc) is 2.98. The minimum atomic E-state index is -0.219. The highest BCUT2D eigenvalue weighted by Gasteiger charge is 2.28. The summed E-state index contributed by atoms with van der Waals surface area (Å²) < 4.78 is 5.57. The Balaban J connectivity index is 1.27. The summed E-state index contributed by atoms with van der Waals surface area (Å²) in [5.74, 6) is 1.61. The molecule has 41 heavy (non-hydrogen) atoms. The highest BCUT2D eigenvalue weighted by atomic mass is 16.5. The minimum Gasteiger partial charge on any atom is -0.381 e. The molecule has 0 amide bonds. The van der Waals surface area contributed by atoms with Crippen LogP contribution in [0.1, 0.15) is 75.4 Å². The smallest absolute Gasteiger partial charge is 0.156 e. The van der Waals surface area contributed by atoms with E-state index in [9.17, 15) is 0 Å². The van der Waals surface area contributed by atoms with Gasteiger partial charge in [-0.2, -0.15) is 0 Å². The molecule has 0 spiro atoms. The minimum absolute atomic E-state index is 0.219. The van der Waals surface area contributed by atoms with E-state index in [2.05, 4.69) is 64.4 Å². The zero-order valence-electron chi connectivity index (χ0n) is 26.0. The largest absolute Gasteiger partial charge is 0.381 e. The number of hydrogen-bond donors (Lipinski definition) is 3. The van der Waals surface area contributed by atoms with Gasteiger partial charge in [0.2, 0.25) is 0 Å². The first kappa shape index (κ1) is 30.0. The quantitative estimate of drug-likeness (QED) is 0.401. The number of nitrogens with zero attached hydrogens (tertiary/aromatic N) is 5. The maximum Gasteiger partial charge on any atom is 0.156 e. The van der Waals surface area contributed by atoms with Crippen molar-refractivity contribution in [3.8, 4) is 0 Å². The third kappa shape index (κ3) is 7.31. The van der Waals surface area contributed by atoms with Gasteiger partial charge in [0.15, 0.2) is 5.82 Å². The molecular formula is C32H52N8O. The van der Waals surface area contributed by atoms with Gasteiger partial charge in [-0.25, -0.2) is 9.97 Å². The fraction of sp³-hybridized carbons (Fsp3) is 0.688. The lowest BCUT2D eigenvalue weighted by molar-refractivity contribution is 0.0681. The van der Waals surface area contributed by atoms with Gasteiger partial charge in [-0.3, -0.25) is 4.90 Å². The Morgan fingerprint density at radius 1 is 0.976 bits per heavy atom. The second kappa shape index (κ2) is 13.7. The molecule has 3 fully saturated rings. The van der Waals surface area contributed by atoms with Crippen LogP contribution < -0.4 is 21.3 Å². The second-order valence-electron chi connectivity index (χ2n) is 12.4. The lowest BCUT2D eigenvalue weighted by Gasteiger charge is -2.43.